The molecule has 0 saturated carbocycles. The molecule has 0 aromatic carbocycles. The second kappa shape index (κ2) is 6.66. The molecule has 1 saturated heterocycles. The van der Waals surface area contributed by atoms with Crippen LogP contribution in [-0.2, 0) is 0 Å². The molecule has 122 valence electrons. The Morgan fingerprint density at radius 3 is 3.09 bits per heavy atom. The molecule has 2 aromatic rings. The largest absolute Gasteiger partial charge is 0.355 e. The highest BCUT2D eigenvalue weighted by atomic mass is 35.5. The fourth-order valence-electron chi connectivity index (χ4n) is 2.93. The first-order valence-corrected chi connectivity index (χ1v) is 8.13. The molecule has 0 spiro atoms. The first-order valence-electron chi connectivity index (χ1n) is 7.75. The second-order valence-electron chi connectivity index (χ2n) is 5.78. The summed E-state index contributed by atoms with van der Waals surface area (Å²) in [6.45, 7) is 3.81. The van der Waals surface area contributed by atoms with Gasteiger partial charge in [-0.15, -0.1) is 0 Å². The summed E-state index contributed by atoms with van der Waals surface area (Å²) in [6.07, 6.45) is 4.64. The minimum absolute atomic E-state index is 0.0834. The molecule has 2 aromatic heterocycles. The Morgan fingerprint density at radius 2 is 2.35 bits per heavy atom. The molecule has 1 atom stereocenters. The third-order valence-electron chi connectivity index (χ3n) is 4.24. The summed E-state index contributed by atoms with van der Waals surface area (Å²) in [5, 5.41) is 0.0834. The van der Waals surface area contributed by atoms with Crippen molar-refractivity contribution in [2.45, 2.75) is 26.2 Å². The molecule has 1 N–H and O–H groups in total. The van der Waals surface area contributed by atoms with Crippen LogP contribution in [0.15, 0.2) is 23.1 Å². The fraction of sp³-hybridized carbons (Fsp3) is 0.438. The van der Waals surface area contributed by atoms with Crippen LogP contribution < -0.4 is 10.5 Å². The van der Waals surface area contributed by atoms with Crippen LogP contribution in [-0.4, -0.2) is 28.0 Å². The van der Waals surface area contributed by atoms with Gasteiger partial charge in [0.05, 0.1) is 0 Å². The molecule has 1 aliphatic rings. The van der Waals surface area contributed by atoms with Gasteiger partial charge < -0.3 is 9.88 Å². The molecule has 0 unspecified atom stereocenters. The van der Waals surface area contributed by atoms with Crippen LogP contribution >= 0.6 is 11.6 Å². The number of nitrogens with zero attached hydrogens (tertiary/aromatic N) is 3. The fourth-order valence-corrected chi connectivity index (χ4v) is 3.14. The number of rotatable bonds is 3. The van der Waals surface area contributed by atoms with Crippen LogP contribution in [0, 0.1) is 11.9 Å². The van der Waals surface area contributed by atoms with Gasteiger partial charge in [0, 0.05) is 30.9 Å². The third kappa shape index (κ3) is 3.37. The van der Waals surface area contributed by atoms with Crippen molar-refractivity contribution >= 4 is 17.4 Å². The van der Waals surface area contributed by atoms with Crippen LogP contribution in [0.3, 0.4) is 0 Å². The average Bonchev–Trinajstić information content (AvgIpc) is 2.57. The van der Waals surface area contributed by atoms with Gasteiger partial charge in [0.15, 0.2) is 5.82 Å². The molecular formula is C16H18ClFN4O. The third-order valence-corrected chi connectivity index (χ3v) is 4.58. The van der Waals surface area contributed by atoms with Crippen molar-refractivity contribution in [3.8, 4) is 11.4 Å². The van der Waals surface area contributed by atoms with Gasteiger partial charge in [-0.05, 0) is 24.8 Å². The Balaban J connectivity index is 2.02. The first-order chi connectivity index (χ1) is 11.1. The molecule has 0 radical (unpaired) electrons. The highest BCUT2D eigenvalue weighted by Crippen LogP contribution is 2.28. The number of aromatic amines is 1. The Hall–Kier alpha value is -1.95. The lowest BCUT2D eigenvalue weighted by molar-refractivity contribution is 0.403. The number of pyridine rings is 1. The molecule has 3 heterocycles. The Morgan fingerprint density at radius 1 is 1.52 bits per heavy atom. The summed E-state index contributed by atoms with van der Waals surface area (Å²) in [7, 11) is 0. The maximum atomic E-state index is 13.3. The molecule has 0 aliphatic carbocycles. The van der Waals surface area contributed by atoms with E-state index in [0.29, 0.717) is 23.1 Å². The number of H-pyrrole nitrogens is 1. The maximum Gasteiger partial charge on any atom is 0.272 e. The maximum absolute atomic E-state index is 13.3. The summed E-state index contributed by atoms with van der Waals surface area (Å²) in [4.78, 5) is 24.8. The van der Waals surface area contributed by atoms with Crippen LogP contribution in [0.2, 0.25) is 5.02 Å². The molecule has 0 bridgehead atoms. The van der Waals surface area contributed by atoms with Gasteiger partial charge in [-0.2, -0.15) is 4.39 Å². The Labute approximate surface area is 138 Å². The van der Waals surface area contributed by atoms with Crippen LogP contribution in [0.1, 0.15) is 26.2 Å². The highest BCUT2D eigenvalue weighted by Gasteiger charge is 2.23. The standard InChI is InChI=1S/C16H18ClFN4O/c1-2-10-4-3-7-22(9-10)15-13(17)16(23)21-14(20-15)11-5-6-19-12(18)8-11/h5-6,8,10H,2-4,7,9H2,1H3,(H,20,21,23)/t10-/m0/s1. The van der Waals surface area contributed by atoms with Gasteiger partial charge in [-0.1, -0.05) is 24.9 Å². The van der Waals surface area contributed by atoms with E-state index in [4.69, 9.17) is 11.6 Å². The number of aromatic nitrogens is 3. The number of piperidine rings is 1. The molecule has 23 heavy (non-hydrogen) atoms. The summed E-state index contributed by atoms with van der Waals surface area (Å²) in [5.41, 5.74) is 0.0547. The molecule has 1 fully saturated rings. The van der Waals surface area contributed by atoms with Gasteiger partial charge in [0.2, 0.25) is 5.95 Å². The molecular weight excluding hydrogens is 319 g/mol. The van der Waals surface area contributed by atoms with E-state index in [2.05, 4.69) is 26.8 Å². The number of nitrogens with one attached hydrogen (secondary N) is 1. The Kier molecular flexibility index (Phi) is 4.61. The monoisotopic (exact) mass is 336 g/mol. The number of anilines is 1. The summed E-state index contributed by atoms with van der Waals surface area (Å²) in [6, 6.07) is 2.84. The quantitative estimate of drug-likeness (QED) is 0.874. The van der Waals surface area contributed by atoms with Crippen LogP contribution in [0.4, 0.5) is 10.2 Å². The van der Waals surface area contributed by atoms with E-state index in [1.807, 2.05) is 0 Å². The predicted molar refractivity (Wildman–Crippen MR) is 88.3 cm³/mol. The van der Waals surface area contributed by atoms with Crippen LogP contribution in [0.5, 0.6) is 0 Å². The molecule has 5 nitrogen and oxygen atoms in total. The Bertz CT molecular complexity index is 764. The molecule has 0 amide bonds. The van der Waals surface area contributed by atoms with Crippen molar-refractivity contribution in [2.75, 3.05) is 18.0 Å². The molecule has 7 heteroatoms. The van der Waals surface area contributed by atoms with Crippen molar-refractivity contribution in [3.05, 3.63) is 39.7 Å². The molecule has 3 rings (SSSR count). The van der Waals surface area contributed by atoms with E-state index in [9.17, 15) is 9.18 Å². The predicted octanol–water partition coefficient (Wildman–Crippen LogP) is 3.25. The van der Waals surface area contributed by atoms with Crippen molar-refractivity contribution in [1.82, 2.24) is 15.0 Å². The second-order valence-corrected chi connectivity index (χ2v) is 6.16. The summed E-state index contributed by atoms with van der Waals surface area (Å²) < 4.78 is 13.3. The van der Waals surface area contributed by atoms with E-state index >= 15 is 0 Å². The topological polar surface area (TPSA) is 61.9 Å². The van der Waals surface area contributed by atoms with E-state index < -0.39 is 11.5 Å². The van der Waals surface area contributed by atoms with Crippen molar-refractivity contribution in [2.24, 2.45) is 5.92 Å². The minimum atomic E-state index is -0.620. The lowest BCUT2D eigenvalue weighted by Crippen LogP contribution is -2.37. The van der Waals surface area contributed by atoms with E-state index in [1.54, 1.807) is 6.07 Å². The van der Waals surface area contributed by atoms with Gasteiger partial charge in [0.25, 0.3) is 5.56 Å². The first kappa shape index (κ1) is 15.9. The summed E-state index contributed by atoms with van der Waals surface area (Å²) in [5.74, 6) is 0.725. The van der Waals surface area contributed by atoms with Crippen molar-refractivity contribution < 1.29 is 4.39 Å². The zero-order valence-electron chi connectivity index (χ0n) is 12.9. The average molecular weight is 337 g/mol. The highest BCUT2D eigenvalue weighted by molar-refractivity contribution is 6.32. The smallest absolute Gasteiger partial charge is 0.272 e. The summed E-state index contributed by atoms with van der Waals surface area (Å²) >= 11 is 6.17. The molecule has 1 aliphatic heterocycles. The van der Waals surface area contributed by atoms with Gasteiger partial charge >= 0.3 is 0 Å². The number of hydrogen-bond acceptors (Lipinski definition) is 4. The zero-order valence-corrected chi connectivity index (χ0v) is 13.6. The van der Waals surface area contributed by atoms with E-state index in [1.165, 1.54) is 18.7 Å². The lowest BCUT2D eigenvalue weighted by atomic mass is 9.96. The normalized spacial score (nSPS) is 18.2. The zero-order chi connectivity index (χ0) is 16.4. The van der Waals surface area contributed by atoms with Gasteiger partial charge in [-0.3, -0.25) is 4.79 Å². The van der Waals surface area contributed by atoms with E-state index in [0.717, 1.165) is 25.9 Å². The van der Waals surface area contributed by atoms with Gasteiger partial charge in [0.1, 0.15) is 10.8 Å². The number of hydrogen-bond donors (Lipinski definition) is 1. The van der Waals surface area contributed by atoms with Crippen LogP contribution in [0.25, 0.3) is 11.4 Å². The van der Waals surface area contributed by atoms with Gasteiger partial charge in [-0.25, -0.2) is 9.97 Å². The lowest BCUT2D eigenvalue weighted by Gasteiger charge is -2.33. The van der Waals surface area contributed by atoms with E-state index in [-0.39, 0.29) is 5.02 Å². The number of halogens is 2. The van der Waals surface area contributed by atoms with Crippen molar-refractivity contribution in [3.63, 3.8) is 0 Å². The SMILES string of the molecule is CC[C@H]1CCCN(c2nc(-c3ccnc(F)c3)[nH]c(=O)c2Cl)C1. The van der Waals surface area contributed by atoms with Crippen molar-refractivity contribution in [1.29, 1.82) is 0 Å². The minimum Gasteiger partial charge on any atom is -0.355 e.